The number of pyridine rings is 1. The van der Waals surface area contributed by atoms with Gasteiger partial charge in [0.2, 0.25) is 0 Å². The number of rotatable bonds is 5. The monoisotopic (exact) mass is 247 g/mol. The van der Waals surface area contributed by atoms with E-state index in [0.717, 1.165) is 18.7 Å². The van der Waals surface area contributed by atoms with Gasteiger partial charge in [-0.05, 0) is 25.0 Å². The van der Waals surface area contributed by atoms with E-state index >= 15 is 0 Å². The van der Waals surface area contributed by atoms with E-state index in [-0.39, 0.29) is 13.2 Å². The Kier molecular flexibility index (Phi) is 2.93. The summed E-state index contributed by atoms with van der Waals surface area (Å²) in [5, 5.41) is 12.8. The van der Waals surface area contributed by atoms with Gasteiger partial charge in [0.05, 0.1) is 18.5 Å². The maximum absolute atomic E-state index is 8.86. The summed E-state index contributed by atoms with van der Waals surface area (Å²) >= 11 is 0. The van der Waals surface area contributed by atoms with Crippen molar-refractivity contribution < 1.29 is 14.4 Å². The predicted octanol–water partition coefficient (Wildman–Crippen LogP) is 1.41. The van der Waals surface area contributed by atoms with Crippen LogP contribution in [0.4, 0.5) is 0 Å². The summed E-state index contributed by atoms with van der Waals surface area (Å²) in [4.78, 5) is 8.27. The van der Waals surface area contributed by atoms with Gasteiger partial charge in [-0.15, -0.1) is 0 Å². The number of nitrogens with zero attached hydrogens (tertiary/aromatic N) is 3. The molecular weight excluding hydrogens is 234 g/mol. The molecule has 0 bridgehead atoms. The first-order chi connectivity index (χ1) is 8.85. The van der Waals surface area contributed by atoms with Gasteiger partial charge < -0.3 is 14.4 Å². The highest BCUT2D eigenvalue weighted by Crippen LogP contribution is 2.38. The summed E-state index contributed by atoms with van der Waals surface area (Å²) in [5.41, 5.74) is 0.608. The van der Waals surface area contributed by atoms with E-state index in [1.165, 1.54) is 0 Å². The number of aromatic nitrogens is 3. The molecular formula is C12H13N3O3. The molecule has 6 nitrogen and oxygen atoms in total. The van der Waals surface area contributed by atoms with Crippen LogP contribution in [0, 0.1) is 0 Å². The van der Waals surface area contributed by atoms with E-state index in [2.05, 4.69) is 15.1 Å². The van der Waals surface area contributed by atoms with Crippen molar-refractivity contribution in [2.45, 2.75) is 32.0 Å². The summed E-state index contributed by atoms with van der Waals surface area (Å²) in [6.07, 6.45) is 3.85. The maximum atomic E-state index is 8.86. The van der Waals surface area contributed by atoms with Crippen molar-refractivity contribution in [3.05, 3.63) is 35.7 Å². The lowest BCUT2D eigenvalue weighted by molar-refractivity contribution is 0.241. The standard InChI is InChI=1S/C12H13N3O3/c16-6-9-3-4-10(5-13-9)17-7-11-14-12(15-18-11)8-1-2-8/h3-5,8,16H,1-2,6-7H2. The van der Waals surface area contributed by atoms with Gasteiger partial charge in [0.15, 0.2) is 12.4 Å². The van der Waals surface area contributed by atoms with Gasteiger partial charge in [-0.1, -0.05) is 5.16 Å². The highest BCUT2D eigenvalue weighted by Gasteiger charge is 2.28. The molecule has 1 fully saturated rings. The van der Waals surface area contributed by atoms with Crippen molar-refractivity contribution in [1.82, 2.24) is 15.1 Å². The molecule has 18 heavy (non-hydrogen) atoms. The minimum Gasteiger partial charge on any atom is -0.482 e. The Morgan fingerprint density at radius 2 is 2.28 bits per heavy atom. The molecule has 2 heterocycles. The molecule has 0 saturated heterocycles. The Morgan fingerprint density at radius 3 is 2.94 bits per heavy atom. The SMILES string of the molecule is OCc1ccc(OCc2nc(C3CC3)no2)cn1. The summed E-state index contributed by atoms with van der Waals surface area (Å²) in [6.45, 7) is 0.161. The molecule has 0 amide bonds. The van der Waals surface area contributed by atoms with Gasteiger partial charge in [0, 0.05) is 5.92 Å². The molecule has 2 aromatic rings. The Balaban J connectivity index is 1.58. The Hall–Kier alpha value is -1.95. The van der Waals surface area contributed by atoms with Crippen LogP contribution in [0.1, 0.15) is 36.2 Å². The zero-order valence-electron chi connectivity index (χ0n) is 9.74. The lowest BCUT2D eigenvalue weighted by atomic mass is 10.3. The van der Waals surface area contributed by atoms with Gasteiger partial charge in [-0.25, -0.2) is 0 Å². The summed E-state index contributed by atoms with van der Waals surface area (Å²) in [5.74, 6) is 2.34. The van der Waals surface area contributed by atoms with Crippen molar-refractivity contribution in [1.29, 1.82) is 0 Å². The highest BCUT2D eigenvalue weighted by atomic mass is 16.5. The highest BCUT2D eigenvalue weighted by molar-refractivity contribution is 5.19. The van der Waals surface area contributed by atoms with E-state index in [1.807, 2.05) is 0 Å². The van der Waals surface area contributed by atoms with Crippen LogP contribution in [0.15, 0.2) is 22.9 Å². The minimum atomic E-state index is -0.0747. The van der Waals surface area contributed by atoms with Gasteiger partial charge in [-0.3, -0.25) is 4.98 Å². The third kappa shape index (κ3) is 2.48. The largest absolute Gasteiger partial charge is 0.482 e. The zero-order chi connectivity index (χ0) is 12.4. The van der Waals surface area contributed by atoms with Crippen molar-refractivity contribution in [3.8, 4) is 5.75 Å². The Labute approximate surface area is 104 Å². The second kappa shape index (κ2) is 4.73. The van der Waals surface area contributed by atoms with E-state index in [9.17, 15) is 0 Å². The molecule has 2 aromatic heterocycles. The predicted molar refractivity (Wildman–Crippen MR) is 60.8 cm³/mol. The first-order valence-electron chi connectivity index (χ1n) is 5.86. The van der Waals surface area contributed by atoms with Crippen molar-refractivity contribution in [2.75, 3.05) is 0 Å². The third-order valence-corrected chi connectivity index (χ3v) is 2.75. The fourth-order valence-corrected chi connectivity index (χ4v) is 1.57. The molecule has 0 aliphatic heterocycles. The van der Waals surface area contributed by atoms with Gasteiger partial charge in [0.1, 0.15) is 5.75 Å². The van der Waals surface area contributed by atoms with E-state index in [0.29, 0.717) is 23.3 Å². The quantitative estimate of drug-likeness (QED) is 0.860. The van der Waals surface area contributed by atoms with E-state index in [4.69, 9.17) is 14.4 Å². The van der Waals surface area contributed by atoms with Crippen LogP contribution >= 0.6 is 0 Å². The van der Waals surface area contributed by atoms with Crippen LogP contribution in [0.5, 0.6) is 5.75 Å². The molecule has 6 heteroatoms. The lowest BCUT2D eigenvalue weighted by Crippen LogP contribution is -1.97. The minimum absolute atomic E-state index is 0.0747. The Morgan fingerprint density at radius 1 is 1.39 bits per heavy atom. The Bertz CT molecular complexity index is 520. The number of hydrogen-bond donors (Lipinski definition) is 1. The van der Waals surface area contributed by atoms with Crippen LogP contribution < -0.4 is 4.74 Å². The molecule has 0 atom stereocenters. The van der Waals surface area contributed by atoms with Crippen molar-refractivity contribution >= 4 is 0 Å². The molecule has 1 N–H and O–H groups in total. The van der Waals surface area contributed by atoms with Crippen LogP contribution in [-0.4, -0.2) is 20.2 Å². The van der Waals surface area contributed by atoms with Crippen molar-refractivity contribution in [2.24, 2.45) is 0 Å². The first-order valence-corrected chi connectivity index (χ1v) is 5.86. The molecule has 1 aliphatic rings. The van der Waals surface area contributed by atoms with Crippen LogP contribution in [0.3, 0.4) is 0 Å². The average Bonchev–Trinajstić information content (AvgIpc) is 3.16. The van der Waals surface area contributed by atoms with Crippen LogP contribution in [0.25, 0.3) is 0 Å². The van der Waals surface area contributed by atoms with Gasteiger partial charge >= 0.3 is 0 Å². The second-order valence-corrected chi connectivity index (χ2v) is 4.25. The molecule has 0 spiro atoms. The van der Waals surface area contributed by atoms with Gasteiger partial charge in [0.25, 0.3) is 5.89 Å². The number of ether oxygens (including phenoxy) is 1. The molecule has 0 aromatic carbocycles. The zero-order valence-corrected chi connectivity index (χ0v) is 9.74. The molecule has 1 saturated carbocycles. The molecule has 94 valence electrons. The average molecular weight is 247 g/mol. The number of hydrogen-bond acceptors (Lipinski definition) is 6. The second-order valence-electron chi connectivity index (χ2n) is 4.25. The molecule has 1 aliphatic carbocycles. The fourth-order valence-electron chi connectivity index (χ4n) is 1.57. The fraction of sp³-hybridized carbons (Fsp3) is 0.417. The van der Waals surface area contributed by atoms with E-state index < -0.39 is 0 Å². The summed E-state index contributed by atoms with van der Waals surface area (Å²) in [7, 11) is 0. The molecule has 3 rings (SSSR count). The normalized spacial score (nSPS) is 14.7. The van der Waals surface area contributed by atoms with Crippen molar-refractivity contribution in [3.63, 3.8) is 0 Å². The maximum Gasteiger partial charge on any atom is 0.264 e. The first kappa shape index (κ1) is 11.2. The lowest BCUT2D eigenvalue weighted by Gasteiger charge is -2.02. The van der Waals surface area contributed by atoms with Crippen LogP contribution in [0.2, 0.25) is 0 Å². The summed E-state index contributed by atoms with van der Waals surface area (Å²) < 4.78 is 10.6. The molecule has 0 radical (unpaired) electrons. The van der Waals surface area contributed by atoms with E-state index in [1.54, 1.807) is 18.3 Å². The number of aliphatic hydroxyl groups excluding tert-OH is 1. The smallest absolute Gasteiger partial charge is 0.264 e. The topological polar surface area (TPSA) is 81.3 Å². The van der Waals surface area contributed by atoms with Crippen LogP contribution in [-0.2, 0) is 13.2 Å². The van der Waals surface area contributed by atoms with Gasteiger partial charge in [-0.2, -0.15) is 4.98 Å². The summed E-state index contributed by atoms with van der Waals surface area (Å²) in [6, 6.07) is 3.45. The molecule has 0 unspecified atom stereocenters. The third-order valence-electron chi connectivity index (χ3n) is 2.75. The number of aliphatic hydroxyl groups is 1.